The van der Waals surface area contributed by atoms with Gasteiger partial charge >= 0.3 is 0 Å². The minimum Gasteiger partial charge on any atom is -0.392 e. The number of amides is 1. The summed E-state index contributed by atoms with van der Waals surface area (Å²) in [7, 11) is 3.38. The molecule has 0 aromatic rings. The van der Waals surface area contributed by atoms with Crippen LogP contribution < -0.4 is 0 Å². The Hall–Kier alpha value is -0.350. The summed E-state index contributed by atoms with van der Waals surface area (Å²) < 4.78 is 1.22. The van der Waals surface area contributed by atoms with E-state index in [1.165, 1.54) is 21.4 Å². The highest BCUT2D eigenvalue weighted by atomic mass is 79.9. The summed E-state index contributed by atoms with van der Waals surface area (Å²) in [6, 6.07) is 0. The van der Waals surface area contributed by atoms with Gasteiger partial charge in [0.2, 0.25) is 6.41 Å². The van der Waals surface area contributed by atoms with Crippen LogP contribution in [0.3, 0.4) is 0 Å². The molecule has 1 rings (SSSR count). The van der Waals surface area contributed by atoms with Gasteiger partial charge in [0, 0.05) is 14.1 Å². The van der Waals surface area contributed by atoms with Gasteiger partial charge in [0.15, 0.2) is 0 Å². The molecule has 1 amide bonds. The molecule has 0 radical (unpaired) electrons. The van der Waals surface area contributed by atoms with Crippen molar-refractivity contribution in [3.05, 3.63) is 10.1 Å². The number of aliphatic hydroxyl groups excluding tert-OH is 1. The van der Waals surface area contributed by atoms with E-state index in [2.05, 4.69) is 29.8 Å². The van der Waals surface area contributed by atoms with E-state index in [1.807, 2.05) is 0 Å². The number of carbonyl (C=O) groups excluding carboxylic acids is 1. The van der Waals surface area contributed by atoms with Crippen molar-refractivity contribution in [3.8, 4) is 0 Å². The molecule has 0 saturated carbocycles. The van der Waals surface area contributed by atoms with E-state index >= 15 is 0 Å². The lowest BCUT2D eigenvalue weighted by Crippen LogP contribution is -2.17. The lowest BCUT2D eigenvalue weighted by atomic mass is 9.78. The van der Waals surface area contributed by atoms with Gasteiger partial charge in [-0.25, -0.2) is 0 Å². The number of aliphatic hydroxyl groups is 1. The van der Waals surface area contributed by atoms with Crippen molar-refractivity contribution in [2.24, 2.45) is 5.41 Å². The Balaban J connectivity index is 0.000000385. The Labute approximate surface area is 107 Å². The third-order valence-electron chi connectivity index (χ3n) is 2.52. The van der Waals surface area contributed by atoms with Crippen molar-refractivity contribution in [1.29, 1.82) is 0 Å². The standard InChI is InChI=1S/C9H15BrO.C3H7NO/c1-9(2)4-3-7(6-11)8(10)5-9;1-4(2)3-5/h11H,3-6H2,1-2H3;3H,1-2H3. The Kier molecular flexibility index (Phi) is 6.91. The molecule has 1 aliphatic carbocycles. The molecule has 0 fully saturated rings. The summed E-state index contributed by atoms with van der Waals surface area (Å²) in [4.78, 5) is 10.9. The molecule has 94 valence electrons. The van der Waals surface area contributed by atoms with Gasteiger partial charge in [-0.05, 0) is 34.7 Å². The number of rotatable bonds is 2. The first-order valence-corrected chi connectivity index (χ1v) is 6.20. The zero-order valence-corrected chi connectivity index (χ0v) is 12.2. The molecule has 16 heavy (non-hydrogen) atoms. The Morgan fingerprint density at radius 2 is 2.00 bits per heavy atom. The van der Waals surface area contributed by atoms with Crippen LogP contribution in [0.25, 0.3) is 0 Å². The predicted octanol–water partition coefficient (Wildman–Crippen LogP) is 2.54. The lowest BCUT2D eigenvalue weighted by Gasteiger charge is -2.30. The number of hydrogen-bond donors (Lipinski definition) is 1. The maximum Gasteiger partial charge on any atom is 0.209 e. The van der Waals surface area contributed by atoms with Gasteiger partial charge in [0.1, 0.15) is 0 Å². The fraction of sp³-hybridized carbons (Fsp3) is 0.750. The topological polar surface area (TPSA) is 40.5 Å². The first-order valence-electron chi connectivity index (χ1n) is 5.41. The van der Waals surface area contributed by atoms with Crippen LogP contribution in [0.4, 0.5) is 0 Å². The van der Waals surface area contributed by atoms with Crippen molar-refractivity contribution in [3.63, 3.8) is 0 Å². The Morgan fingerprint density at radius 1 is 1.50 bits per heavy atom. The first kappa shape index (κ1) is 15.7. The number of hydrogen-bond acceptors (Lipinski definition) is 2. The van der Waals surface area contributed by atoms with Crippen molar-refractivity contribution in [2.75, 3.05) is 20.7 Å². The van der Waals surface area contributed by atoms with Gasteiger partial charge < -0.3 is 10.0 Å². The van der Waals surface area contributed by atoms with E-state index in [0.717, 1.165) is 19.3 Å². The molecule has 0 unspecified atom stereocenters. The first-order chi connectivity index (χ1) is 7.32. The van der Waals surface area contributed by atoms with Crippen LogP contribution in [-0.2, 0) is 4.79 Å². The molecule has 0 heterocycles. The normalized spacial score (nSPS) is 18.6. The van der Waals surface area contributed by atoms with Crippen molar-refractivity contribution in [1.82, 2.24) is 4.90 Å². The van der Waals surface area contributed by atoms with E-state index in [9.17, 15) is 4.79 Å². The van der Waals surface area contributed by atoms with Gasteiger partial charge in [-0.1, -0.05) is 29.8 Å². The molecule has 0 aliphatic heterocycles. The van der Waals surface area contributed by atoms with Crippen molar-refractivity contribution in [2.45, 2.75) is 33.1 Å². The minimum absolute atomic E-state index is 0.219. The summed E-state index contributed by atoms with van der Waals surface area (Å²) in [5, 5.41) is 8.94. The summed E-state index contributed by atoms with van der Waals surface area (Å²) in [6.45, 7) is 4.75. The molecule has 0 aromatic heterocycles. The SMILES string of the molecule is CC1(C)CCC(CO)=C(Br)C1.CN(C)C=O. The van der Waals surface area contributed by atoms with Crippen LogP contribution in [0.2, 0.25) is 0 Å². The fourth-order valence-corrected chi connectivity index (χ4v) is 2.51. The molecule has 0 atom stereocenters. The minimum atomic E-state index is 0.219. The molecule has 1 aliphatic rings. The highest BCUT2D eigenvalue weighted by Gasteiger charge is 2.25. The van der Waals surface area contributed by atoms with E-state index in [4.69, 9.17) is 5.11 Å². The third-order valence-corrected chi connectivity index (χ3v) is 3.36. The summed E-state index contributed by atoms with van der Waals surface area (Å²) >= 11 is 3.51. The van der Waals surface area contributed by atoms with E-state index in [-0.39, 0.29) is 6.61 Å². The predicted molar refractivity (Wildman–Crippen MR) is 70.4 cm³/mol. The summed E-state index contributed by atoms with van der Waals surface area (Å²) in [6.07, 6.45) is 4.06. The maximum atomic E-state index is 9.43. The number of halogens is 1. The second kappa shape index (κ2) is 7.07. The monoisotopic (exact) mass is 291 g/mol. The van der Waals surface area contributed by atoms with Crippen LogP contribution in [0.5, 0.6) is 0 Å². The lowest BCUT2D eigenvalue weighted by molar-refractivity contribution is -0.115. The van der Waals surface area contributed by atoms with Gasteiger partial charge in [-0.2, -0.15) is 0 Å². The zero-order chi connectivity index (χ0) is 12.8. The van der Waals surface area contributed by atoms with E-state index in [1.54, 1.807) is 14.1 Å². The Bertz CT molecular complexity index is 260. The molecular weight excluding hydrogens is 270 g/mol. The Morgan fingerprint density at radius 3 is 2.31 bits per heavy atom. The highest BCUT2D eigenvalue weighted by molar-refractivity contribution is 9.11. The number of nitrogens with zero attached hydrogens (tertiary/aromatic N) is 1. The second-order valence-electron chi connectivity index (χ2n) is 5.08. The molecule has 0 bridgehead atoms. The molecule has 0 spiro atoms. The van der Waals surface area contributed by atoms with E-state index < -0.39 is 0 Å². The number of allylic oxidation sites excluding steroid dienone is 1. The fourth-order valence-electron chi connectivity index (χ4n) is 1.42. The average molecular weight is 292 g/mol. The molecule has 3 nitrogen and oxygen atoms in total. The zero-order valence-electron chi connectivity index (χ0n) is 10.6. The van der Waals surface area contributed by atoms with Crippen molar-refractivity contribution >= 4 is 22.3 Å². The van der Waals surface area contributed by atoms with Crippen LogP contribution in [0.15, 0.2) is 10.1 Å². The molecule has 0 saturated heterocycles. The van der Waals surface area contributed by atoms with Crippen LogP contribution >= 0.6 is 15.9 Å². The largest absolute Gasteiger partial charge is 0.392 e. The summed E-state index contributed by atoms with van der Waals surface area (Å²) in [5.41, 5.74) is 1.60. The van der Waals surface area contributed by atoms with Crippen LogP contribution in [0.1, 0.15) is 33.1 Å². The van der Waals surface area contributed by atoms with Gasteiger partial charge in [0.25, 0.3) is 0 Å². The third kappa shape index (κ3) is 6.28. The second-order valence-corrected chi connectivity index (χ2v) is 6.03. The quantitative estimate of drug-likeness (QED) is 0.795. The van der Waals surface area contributed by atoms with Crippen molar-refractivity contribution < 1.29 is 9.90 Å². The molecule has 1 N–H and O–H groups in total. The average Bonchev–Trinajstić information content (AvgIpc) is 2.17. The van der Waals surface area contributed by atoms with Gasteiger partial charge in [-0.15, -0.1) is 0 Å². The maximum absolute atomic E-state index is 9.43. The summed E-state index contributed by atoms with van der Waals surface area (Å²) in [5.74, 6) is 0. The van der Waals surface area contributed by atoms with Crippen LogP contribution in [0, 0.1) is 5.41 Å². The van der Waals surface area contributed by atoms with Crippen LogP contribution in [-0.4, -0.2) is 37.1 Å². The van der Waals surface area contributed by atoms with Gasteiger partial charge in [-0.3, -0.25) is 4.79 Å². The highest BCUT2D eigenvalue weighted by Crippen LogP contribution is 2.40. The van der Waals surface area contributed by atoms with Gasteiger partial charge in [0.05, 0.1) is 6.61 Å². The molecular formula is C12H22BrNO2. The smallest absolute Gasteiger partial charge is 0.209 e. The van der Waals surface area contributed by atoms with E-state index in [0.29, 0.717) is 5.41 Å². The number of carbonyl (C=O) groups is 1. The molecule has 0 aromatic carbocycles. The molecule has 4 heteroatoms.